The van der Waals surface area contributed by atoms with Crippen molar-refractivity contribution < 1.29 is 24.2 Å². The van der Waals surface area contributed by atoms with Gasteiger partial charge in [0.2, 0.25) is 0 Å². The molecule has 0 spiro atoms. The third-order valence-electron chi connectivity index (χ3n) is 6.51. The number of hydrogen-bond donors (Lipinski definition) is 2. The summed E-state index contributed by atoms with van der Waals surface area (Å²) in [7, 11) is 0. The molecule has 1 aliphatic heterocycles. The predicted octanol–water partition coefficient (Wildman–Crippen LogP) is 6.01. The Balaban J connectivity index is 1.34. The molecule has 1 unspecified atom stereocenters. The summed E-state index contributed by atoms with van der Waals surface area (Å²) in [6.07, 6.45) is 1.22. The zero-order valence-electron chi connectivity index (χ0n) is 21.3. The summed E-state index contributed by atoms with van der Waals surface area (Å²) < 4.78 is 11.7. The van der Waals surface area contributed by atoms with E-state index >= 15 is 0 Å². The van der Waals surface area contributed by atoms with Gasteiger partial charge in [-0.15, -0.1) is 0 Å². The molecule has 3 aromatic carbocycles. The first-order chi connectivity index (χ1) is 17.1. The number of aliphatic carboxylic acids is 1. The maximum absolute atomic E-state index is 12.6. The van der Waals surface area contributed by atoms with Crippen LogP contribution in [-0.2, 0) is 16.6 Å². The Morgan fingerprint density at radius 1 is 1.06 bits per heavy atom. The number of carboxylic acids is 1. The fourth-order valence-corrected chi connectivity index (χ4v) is 4.29. The smallest absolute Gasteiger partial charge is 0.311 e. The van der Waals surface area contributed by atoms with Gasteiger partial charge in [0.05, 0.1) is 12.5 Å². The van der Waals surface area contributed by atoms with Crippen LogP contribution in [0.5, 0.6) is 17.2 Å². The number of fused-ring (bicyclic) bond motifs is 1. The van der Waals surface area contributed by atoms with Crippen LogP contribution >= 0.6 is 0 Å². The first-order valence-electron chi connectivity index (χ1n) is 12.3. The Morgan fingerprint density at radius 2 is 1.75 bits per heavy atom. The third-order valence-corrected chi connectivity index (χ3v) is 6.51. The van der Waals surface area contributed by atoms with Crippen molar-refractivity contribution in [1.82, 2.24) is 5.32 Å². The van der Waals surface area contributed by atoms with Crippen molar-refractivity contribution in [2.24, 2.45) is 0 Å². The van der Waals surface area contributed by atoms with E-state index in [-0.39, 0.29) is 11.3 Å². The molecule has 6 heteroatoms. The van der Waals surface area contributed by atoms with Crippen molar-refractivity contribution in [1.29, 1.82) is 0 Å². The Morgan fingerprint density at radius 3 is 2.39 bits per heavy atom. The number of ether oxygens (including phenoxy) is 2. The summed E-state index contributed by atoms with van der Waals surface area (Å²) in [4.78, 5) is 24.1. The summed E-state index contributed by atoms with van der Waals surface area (Å²) in [5, 5.41) is 12.5. The minimum absolute atomic E-state index is 0.123. The minimum Gasteiger partial charge on any atom is -0.493 e. The van der Waals surface area contributed by atoms with E-state index in [4.69, 9.17) is 9.47 Å². The van der Waals surface area contributed by atoms with Crippen molar-refractivity contribution in [3.05, 3.63) is 88.5 Å². The lowest BCUT2D eigenvalue weighted by Gasteiger charge is -2.24. The summed E-state index contributed by atoms with van der Waals surface area (Å²) in [6.45, 7) is 9.37. The molecular formula is C30H33NO5. The van der Waals surface area contributed by atoms with Gasteiger partial charge in [0, 0.05) is 23.7 Å². The molecule has 0 saturated heterocycles. The number of hydrogen-bond acceptors (Lipinski definition) is 4. The van der Waals surface area contributed by atoms with Crippen molar-refractivity contribution >= 4 is 11.9 Å². The van der Waals surface area contributed by atoms with Gasteiger partial charge in [0.25, 0.3) is 5.91 Å². The third kappa shape index (κ3) is 5.88. The molecule has 36 heavy (non-hydrogen) atoms. The zero-order valence-corrected chi connectivity index (χ0v) is 21.3. The number of amides is 1. The topological polar surface area (TPSA) is 84.9 Å². The van der Waals surface area contributed by atoms with E-state index in [0.717, 1.165) is 12.0 Å². The highest BCUT2D eigenvalue weighted by molar-refractivity contribution is 5.94. The van der Waals surface area contributed by atoms with E-state index in [1.54, 1.807) is 30.3 Å². The maximum Gasteiger partial charge on any atom is 0.311 e. The summed E-state index contributed by atoms with van der Waals surface area (Å²) in [5.74, 6) is 0.167. The number of rotatable bonds is 7. The Labute approximate surface area is 212 Å². The van der Waals surface area contributed by atoms with E-state index in [0.29, 0.717) is 47.9 Å². The van der Waals surface area contributed by atoms with Crippen molar-refractivity contribution in [2.45, 2.75) is 51.9 Å². The van der Waals surface area contributed by atoms with Gasteiger partial charge in [-0.3, -0.25) is 9.59 Å². The summed E-state index contributed by atoms with van der Waals surface area (Å²) in [5.41, 5.74) is 4.66. The molecule has 6 nitrogen and oxygen atoms in total. The maximum atomic E-state index is 12.6. The normalized spacial score (nSPS) is 14.9. The average Bonchev–Trinajstić information content (AvgIpc) is 2.84. The molecule has 188 valence electrons. The molecule has 0 bridgehead atoms. The number of carbonyl (C=O) groups excluding carboxylic acids is 1. The molecule has 1 amide bonds. The fraction of sp³-hybridized carbons (Fsp3) is 0.333. The Hall–Kier alpha value is -3.80. The van der Waals surface area contributed by atoms with Gasteiger partial charge >= 0.3 is 5.97 Å². The van der Waals surface area contributed by atoms with Crippen LogP contribution < -0.4 is 14.8 Å². The van der Waals surface area contributed by atoms with E-state index in [2.05, 4.69) is 50.4 Å². The summed E-state index contributed by atoms with van der Waals surface area (Å²) >= 11 is 0. The van der Waals surface area contributed by atoms with Crippen LogP contribution in [0.4, 0.5) is 0 Å². The number of aryl methyl sites for hydroxylation is 1. The molecule has 1 atom stereocenters. The number of carboxylic acid groups (broad SMARTS) is 1. The first kappa shape index (κ1) is 25.3. The predicted molar refractivity (Wildman–Crippen MR) is 139 cm³/mol. The molecule has 0 fully saturated rings. The number of carbonyl (C=O) groups is 2. The molecule has 0 aliphatic carbocycles. The van der Waals surface area contributed by atoms with Gasteiger partial charge < -0.3 is 19.9 Å². The second-order valence-electron chi connectivity index (χ2n) is 10.3. The molecule has 0 aromatic heterocycles. The first-order valence-corrected chi connectivity index (χ1v) is 12.3. The molecule has 2 N–H and O–H groups in total. The van der Waals surface area contributed by atoms with E-state index in [1.165, 1.54) is 11.1 Å². The SMILES string of the molecule is Cc1cc2c(cc1Oc1ccc(C(=O)NCCc3ccc(C(C)(C)C)cc3)cc1)OCCC2C(=O)O. The Bertz CT molecular complexity index is 1240. The van der Waals surface area contributed by atoms with Crippen molar-refractivity contribution in [2.75, 3.05) is 13.2 Å². The standard InChI is InChI=1S/C30H33NO5/c1-19-17-25-24(29(33)34)14-16-35-27(25)18-26(19)36-23-11-7-21(8-12-23)28(32)31-15-13-20-5-9-22(10-6-20)30(2,3)4/h5-12,17-18,24H,13-16H2,1-4H3,(H,31,32)(H,33,34). The van der Waals surface area contributed by atoms with Gasteiger partial charge in [0.1, 0.15) is 17.2 Å². The van der Waals surface area contributed by atoms with Crippen LogP contribution in [0.1, 0.15) is 65.7 Å². The van der Waals surface area contributed by atoms with Crippen LogP contribution in [0, 0.1) is 6.92 Å². The highest BCUT2D eigenvalue weighted by atomic mass is 16.5. The molecular weight excluding hydrogens is 454 g/mol. The van der Waals surface area contributed by atoms with E-state index in [1.807, 2.05) is 13.0 Å². The molecule has 1 heterocycles. The lowest BCUT2D eigenvalue weighted by Crippen LogP contribution is -2.25. The van der Waals surface area contributed by atoms with Crippen LogP contribution in [0.2, 0.25) is 0 Å². The minimum atomic E-state index is -0.847. The molecule has 0 saturated carbocycles. The van der Waals surface area contributed by atoms with Gasteiger partial charge in [0.15, 0.2) is 0 Å². The van der Waals surface area contributed by atoms with Gasteiger partial charge in [-0.2, -0.15) is 0 Å². The van der Waals surface area contributed by atoms with Crippen molar-refractivity contribution in [3.8, 4) is 17.2 Å². The second kappa shape index (κ2) is 10.4. The second-order valence-corrected chi connectivity index (χ2v) is 10.3. The van der Waals surface area contributed by atoms with Crippen LogP contribution in [0.3, 0.4) is 0 Å². The fourth-order valence-electron chi connectivity index (χ4n) is 4.29. The highest BCUT2D eigenvalue weighted by Gasteiger charge is 2.28. The van der Waals surface area contributed by atoms with Crippen LogP contribution in [0.25, 0.3) is 0 Å². The molecule has 1 aliphatic rings. The molecule has 0 radical (unpaired) electrons. The quantitative estimate of drug-likeness (QED) is 0.426. The van der Waals surface area contributed by atoms with Crippen LogP contribution in [-0.4, -0.2) is 30.1 Å². The monoisotopic (exact) mass is 487 g/mol. The average molecular weight is 488 g/mol. The molecule has 3 aromatic rings. The summed E-state index contributed by atoms with van der Waals surface area (Å²) in [6, 6.07) is 19.1. The van der Waals surface area contributed by atoms with Crippen LogP contribution in [0.15, 0.2) is 60.7 Å². The van der Waals surface area contributed by atoms with Crippen molar-refractivity contribution in [3.63, 3.8) is 0 Å². The van der Waals surface area contributed by atoms with Gasteiger partial charge in [-0.05, 0) is 72.2 Å². The highest BCUT2D eigenvalue weighted by Crippen LogP contribution is 2.39. The number of benzene rings is 3. The molecule has 4 rings (SSSR count). The van der Waals surface area contributed by atoms with E-state index in [9.17, 15) is 14.7 Å². The van der Waals surface area contributed by atoms with E-state index < -0.39 is 11.9 Å². The number of nitrogens with one attached hydrogen (secondary N) is 1. The Kier molecular flexibility index (Phi) is 7.34. The van der Waals surface area contributed by atoms with Gasteiger partial charge in [-0.25, -0.2) is 0 Å². The lowest BCUT2D eigenvalue weighted by atomic mass is 9.86. The zero-order chi connectivity index (χ0) is 25.9. The lowest BCUT2D eigenvalue weighted by molar-refractivity contribution is -0.139. The van der Waals surface area contributed by atoms with Gasteiger partial charge in [-0.1, -0.05) is 45.0 Å². The largest absolute Gasteiger partial charge is 0.493 e.